The molecular formula is C15H24N2. The van der Waals surface area contributed by atoms with Crippen molar-refractivity contribution in [2.24, 2.45) is 0 Å². The number of likely N-dealkylation sites (N-methyl/N-ethyl adjacent to an activating group) is 1. The molecule has 2 heteroatoms. The van der Waals surface area contributed by atoms with Crippen molar-refractivity contribution in [3.8, 4) is 0 Å². The third-order valence-corrected chi connectivity index (χ3v) is 3.60. The van der Waals surface area contributed by atoms with E-state index in [1.807, 2.05) is 0 Å². The lowest BCUT2D eigenvalue weighted by atomic mass is 10.1. The van der Waals surface area contributed by atoms with Gasteiger partial charge in [0.1, 0.15) is 0 Å². The van der Waals surface area contributed by atoms with E-state index in [9.17, 15) is 0 Å². The van der Waals surface area contributed by atoms with Crippen molar-refractivity contribution in [2.45, 2.75) is 32.2 Å². The Balaban J connectivity index is 2.14. The van der Waals surface area contributed by atoms with Gasteiger partial charge in [0, 0.05) is 24.8 Å². The maximum absolute atomic E-state index is 2.58. The summed E-state index contributed by atoms with van der Waals surface area (Å²) in [5.41, 5.74) is 2.85. The SMILES string of the molecule is CCc1cccc(N2CCCC2CN(C)C)c1. The minimum absolute atomic E-state index is 0.692. The molecule has 0 bridgehead atoms. The van der Waals surface area contributed by atoms with E-state index in [2.05, 4.69) is 55.1 Å². The van der Waals surface area contributed by atoms with Crippen molar-refractivity contribution in [1.29, 1.82) is 0 Å². The molecule has 1 saturated heterocycles. The summed E-state index contributed by atoms with van der Waals surface area (Å²) >= 11 is 0. The van der Waals surface area contributed by atoms with Crippen molar-refractivity contribution in [3.05, 3.63) is 29.8 Å². The molecule has 1 unspecified atom stereocenters. The molecule has 1 aliphatic rings. The van der Waals surface area contributed by atoms with Gasteiger partial charge in [-0.05, 0) is 51.1 Å². The summed E-state index contributed by atoms with van der Waals surface area (Å²) in [7, 11) is 4.33. The van der Waals surface area contributed by atoms with Gasteiger partial charge in [0.2, 0.25) is 0 Å². The van der Waals surface area contributed by atoms with Gasteiger partial charge in [0.25, 0.3) is 0 Å². The highest BCUT2D eigenvalue weighted by atomic mass is 15.2. The van der Waals surface area contributed by atoms with Gasteiger partial charge in [-0.15, -0.1) is 0 Å². The van der Waals surface area contributed by atoms with Crippen LogP contribution in [0.5, 0.6) is 0 Å². The van der Waals surface area contributed by atoms with Crippen LogP contribution in [0.1, 0.15) is 25.3 Å². The van der Waals surface area contributed by atoms with E-state index in [4.69, 9.17) is 0 Å². The lowest BCUT2D eigenvalue weighted by Gasteiger charge is -2.29. The normalized spacial score (nSPS) is 20.2. The molecule has 1 aliphatic heterocycles. The van der Waals surface area contributed by atoms with Gasteiger partial charge in [-0.25, -0.2) is 0 Å². The van der Waals surface area contributed by atoms with Crippen LogP contribution in [-0.2, 0) is 6.42 Å². The van der Waals surface area contributed by atoms with Crippen molar-refractivity contribution >= 4 is 5.69 Å². The lowest BCUT2D eigenvalue weighted by molar-refractivity contribution is 0.372. The number of aryl methyl sites for hydroxylation is 1. The van der Waals surface area contributed by atoms with Gasteiger partial charge in [0.05, 0.1) is 0 Å². The van der Waals surface area contributed by atoms with E-state index in [1.165, 1.54) is 30.6 Å². The molecule has 0 spiro atoms. The third-order valence-electron chi connectivity index (χ3n) is 3.60. The van der Waals surface area contributed by atoms with Gasteiger partial charge in [-0.2, -0.15) is 0 Å². The Morgan fingerprint density at radius 3 is 2.88 bits per heavy atom. The Morgan fingerprint density at radius 1 is 1.35 bits per heavy atom. The highest BCUT2D eigenvalue weighted by molar-refractivity contribution is 5.50. The summed E-state index contributed by atoms with van der Waals surface area (Å²) in [6, 6.07) is 9.72. The number of rotatable bonds is 4. The monoisotopic (exact) mass is 232 g/mol. The van der Waals surface area contributed by atoms with Crippen molar-refractivity contribution in [1.82, 2.24) is 4.90 Å². The van der Waals surface area contributed by atoms with E-state index < -0.39 is 0 Å². The largest absolute Gasteiger partial charge is 0.367 e. The zero-order valence-corrected chi connectivity index (χ0v) is 11.3. The van der Waals surface area contributed by atoms with Gasteiger partial charge >= 0.3 is 0 Å². The van der Waals surface area contributed by atoms with Gasteiger partial charge in [-0.1, -0.05) is 19.1 Å². The quantitative estimate of drug-likeness (QED) is 0.787. The predicted octanol–water partition coefficient (Wildman–Crippen LogP) is 2.78. The average molecular weight is 232 g/mol. The topological polar surface area (TPSA) is 6.48 Å². The number of benzene rings is 1. The molecule has 0 radical (unpaired) electrons. The van der Waals surface area contributed by atoms with Gasteiger partial charge in [-0.3, -0.25) is 0 Å². The highest BCUT2D eigenvalue weighted by Crippen LogP contribution is 2.26. The van der Waals surface area contributed by atoms with Crippen LogP contribution in [0.15, 0.2) is 24.3 Å². The fourth-order valence-electron chi connectivity index (χ4n) is 2.74. The van der Waals surface area contributed by atoms with Crippen LogP contribution in [0.3, 0.4) is 0 Å². The number of nitrogens with zero attached hydrogens (tertiary/aromatic N) is 2. The lowest BCUT2D eigenvalue weighted by Crippen LogP contribution is -2.37. The van der Waals surface area contributed by atoms with E-state index in [1.54, 1.807) is 0 Å². The number of hydrogen-bond donors (Lipinski definition) is 0. The molecular weight excluding hydrogens is 208 g/mol. The van der Waals surface area contributed by atoms with Crippen LogP contribution in [0, 0.1) is 0 Å². The highest BCUT2D eigenvalue weighted by Gasteiger charge is 2.24. The zero-order chi connectivity index (χ0) is 12.3. The Kier molecular flexibility index (Phi) is 4.06. The second-order valence-corrected chi connectivity index (χ2v) is 5.28. The predicted molar refractivity (Wildman–Crippen MR) is 74.7 cm³/mol. The summed E-state index contributed by atoms with van der Waals surface area (Å²) in [4.78, 5) is 4.88. The van der Waals surface area contributed by atoms with E-state index >= 15 is 0 Å². The second kappa shape index (κ2) is 5.54. The summed E-state index contributed by atoms with van der Waals surface area (Å²) in [5.74, 6) is 0. The Labute approximate surface area is 105 Å². The molecule has 0 N–H and O–H groups in total. The summed E-state index contributed by atoms with van der Waals surface area (Å²) in [5, 5.41) is 0. The van der Waals surface area contributed by atoms with Crippen LogP contribution in [0.25, 0.3) is 0 Å². The minimum Gasteiger partial charge on any atom is -0.367 e. The first kappa shape index (κ1) is 12.4. The molecule has 2 rings (SSSR count). The molecule has 17 heavy (non-hydrogen) atoms. The maximum atomic E-state index is 2.58. The first-order valence-corrected chi connectivity index (χ1v) is 6.71. The summed E-state index contributed by atoms with van der Waals surface area (Å²) < 4.78 is 0. The molecule has 2 nitrogen and oxygen atoms in total. The Hall–Kier alpha value is -1.02. The standard InChI is InChI=1S/C15H24N2/c1-4-13-7-5-8-14(11-13)17-10-6-9-15(17)12-16(2)3/h5,7-8,11,15H,4,6,9-10,12H2,1-3H3. The molecule has 0 saturated carbocycles. The van der Waals surface area contributed by atoms with Crippen molar-refractivity contribution < 1.29 is 0 Å². The van der Waals surface area contributed by atoms with E-state index in [-0.39, 0.29) is 0 Å². The molecule has 1 aromatic carbocycles. The average Bonchev–Trinajstić information content (AvgIpc) is 2.76. The first-order valence-electron chi connectivity index (χ1n) is 6.71. The van der Waals surface area contributed by atoms with Crippen LogP contribution in [0.4, 0.5) is 5.69 Å². The van der Waals surface area contributed by atoms with Crippen LogP contribution >= 0.6 is 0 Å². The fourth-order valence-corrected chi connectivity index (χ4v) is 2.74. The van der Waals surface area contributed by atoms with Crippen LogP contribution in [-0.4, -0.2) is 38.1 Å². The maximum Gasteiger partial charge on any atom is 0.0417 e. The molecule has 1 aromatic rings. The van der Waals surface area contributed by atoms with Gasteiger partial charge in [0.15, 0.2) is 0 Å². The molecule has 0 aromatic heterocycles. The van der Waals surface area contributed by atoms with Crippen LogP contribution < -0.4 is 4.90 Å². The molecule has 1 heterocycles. The summed E-state index contributed by atoms with van der Waals surface area (Å²) in [6.45, 7) is 4.60. The molecule has 1 fully saturated rings. The fraction of sp³-hybridized carbons (Fsp3) is 0.600. The first-order chi connectivity index (χ1) is 8.20. The molecule has 0 amide bonds. The van der Waals surface area contributed by atoms with Crippen LogP contribution in [0.2, 0.25) is 0 Å². The Bertz CT molecular complexity index is 360. The molecule has 0 aliphatic carbocycles. The smallest absolute Gasteiger partial charge is 0.0417 e. The number of hydrogen-bond acceptors (Lipinski definition) is 2. The van der Waals surface area contributed by atoms with Crippen molar-refractivity contribution in [2.75, 3.05) is 32.1 Å². The molecule has 94 valence electrons. The Morgan fingerprint density at radius 2 is 2.18 bits per heavy atom. The van der Waals surface area contributed by atoms with Gasteiger partial charge < -0.3 is 9.80 Å². The zero-order valence-electron chi connectivity index (χ0n) is 11.3. The van der Waals surface area contributed by atoms with E-state index in [0.29, 0.717) is 6.04 Å². The third kappa shape index (κ3) is 3.01. The second-order valence-electron chi connectivity index (χ2n) is 5.28. The summed E-state index contributed by atoms with van der Waals surface area (Å²) in [6.07, 6.45) is 3.78. The molecule has 1 atom stereocenters. The number of anilines is 1. The minimum atomic E-state index is 0.692. The van der Waals surface area contributed by atoms with E-state index in [0.717, 1.165) is 13.0 Å². The van der Waals surface area contributed by atoms with Crippen molar-refractivity contribution in [3.63, 3.8) is 0 Å².